The van der Waals surface area contributed by atoms with Crippen molar-refractivity contribution in [2.45, 2.75) is 25.9 Å². The van der Waals surface area contributed by atoms with E-state index in [-0.39, 0.29) is 24.0 Å². The molecule has 0 atom stereocenters. The number of hydrogen-bond donors (Lipinski definition) is 2. The fourth-order valence-electron chi connectivity index (χ4n) is 2.36. The van der Waals surface area contributed by atoms with E-state index in [1.165, 1.54) is 12.1 Å². The molecule has 0 amide bonds. The van der Waals surface area contributed by atoms with Gasteiger partial charge >= 0.3 is 6.18 Å². The summed E-state index contributed by atoms with van der Waals surface area (Å²) in [5, 5.41) is 6.35. The van der Waals surface area contributed by atoms with Gasteiger partial charge in [-0.2, -0.15) is 13.2 Å². The number of rotatable bonds is 7. The Labute approximate surface area is 174 Å². The first-order valence-corrected chi connectivity index (χ1v) is 8.57. The van der Waals surface area contributed by atoms with E-state index in [1.807, 2.05) is 25.1 Å². The van der Waals surface area contributed by atoms with Gasteiger partial charge in [-0.3, -0.25) is 9.98 Å². The van der Waals surface area contributed by atoms with Gasteiger partial charge in [0.05, 0.1) is 5.56 Å². The smallest absolute Gasteiger partial charge is 0.357 e. The van der Waals surface area contributed by atoms with Gasteiger partial charge in [0.25, 0.3) is 0 Å². The average Bonchev–Trinajstić information content (AvgIpc) is 2.62. The molecule has 1 heterocycles. The monoisotopic (exact) mass is 492 g/mol. The zero-order valence-electron chi connectivity index (χ0n) is 15.1. The van der Waals surface area contributed by atoms with Crippen molar-refractivity contribution in [3.05, 3.63) is 65.5 Å². The second-order valence-corrected chi connectivity index (χ2v) is 5.70. The molecule has 0 aliphatic rings. The van der Waals surface area contributed by atoms with Gasteiger partial charge in [0, 0.05) is 37.9 Å². The van der Waals surface area contributed by atoms with Gasteiger partial charge in [0.1, 0.15) is 0 Å². The number of nitrogens with zero attached hydrogens (tertiary/aromatic N) is 2. The molecule has 2 N–H and O–H groups in total. The van der Waals surface area contributed by atoms with Crippen molar-refractivity contribution < 1.29 is 13.2 Å². The summed E-state index contributed by atoms with van der Waals surface area (Å²) in [7, 11) is 0. The highest BCUT2D eigenvalue weighted by Crippen LogP contribution is 2.29. The van der Waals surface area contributed by atoms with E-state index in [9.17, 15) is 13.2 Å². The Bertz CT molecular complexity index is 688. The van der Waals surface area contributed by atoms with Gasteiger partial charge in [-0.05, 0) is 43.2 Å². The lowest BCUT2D eigenvalue weighted by molar-refractivity contribution is -0.137. The van der Waals surface area contributed by atoms with E-state index >= 15 is 0 Å². The Morgan fingerprint density at radius 3 is 2.37 bits per heavy atom. The Kier molecular flexibility index (Phi) is 10.1. The summed E-state index contributed by atoms with van der Waals surface area (Å²) in [6.45, 7) is 3.90. The van der Waals surface area contributed by atoms with E-state index < -0.39 is 11.7 Å². The fourth-order valence-corrected chi connectivity index (χ4v) is 2.36. The van der Waals surface area contributed by atoms with Crippen LogP contribution in [0.4, 0.5) is 13.2 Å². The summed E-state index contributed by atoms with van der Waals surface area (Å²) in [6, 6.07) is 11.0. The molecule has 27 heavy (non-hydrogen) atoms. The van der Waals surface area contributed by atoms with Crippen LogP contribution in [0, 0.1) is 0 Å². The predicted molar refractivity (Wildman–Crippen MR) is 112 cm³/mol. The van der Waals surface area contributed by atoms with Crippen molar-refractivity contribution >= 4 is 29.9 Å². The number of guanidine groups is 1. The number of nitrogens with one attached hydrogen (secondary N) is 2. The number of alkyl halides is 3. The van der Waals surface area contributed by atoms with Crippen LogP contribution < -0.4 is 10.6 Å². The van der Waals surface area contributed by atoms with Gasteiger partial charge < -0.3 is 10.6 Å². The Balaban J connectivity index is 0.00000364. The third-order valence-electron chi connectivity index (χ3n) is 3.70. The summed E-state index contributed by atoms with van der Waals surface area (Å²) in [4.78, 5) is 8.75. The van der Waals surface area contributed by atoms with Crippen molar-refractivity contribution in [1.82, 2.24) is 15.6 Å². The molecule has 0 aliphatic carbocycles. The molecule has 148 valence electrons. The maximum atomic E-state index is 12.6. The molecule has 8 heteroatoms. The first-order valence-electron chi connectivity index (χ1n) is 8.57. The topological polar surface area (TPSA) is 49.3 Å². The minimum atomic E-state index is -4.30. The minimum absolute atomic E-state index is 0. The molecule has 0 bridgehead atoms. The zero-order chi connectivity index (χ0) is 18.8. The Morgan fingerprint density at radius 1 is 1.04 bits per heavy atom. The zero-order valence-corrected chi connectivity index (χ0v) is 17.4. The lowest BCUT2D eigenvalue weighted by Gasteiger charge is -2.12. The van der Waals surface area contributed by atoms with Crippen LogP contribution in [0.2, 0.25) is 0 Å². The number of aliphatic imine (C=N–C) groups is 1. The minimum Gasteiger partial charge on any atom is -0.357 e. The second-order valence-electron chi connectivity index (χ2n) is 5.70. The molecule has 0 fully saturated rings. The van der Waals surface area contributed by atoms with Crippen LogP contribution >= 0.6 is 24.0 Å². The predicted octanol–water partition coefficient (Wildman–Crippen LogP) is 4.06. The lowest BCUT2D eigenvalue weighted by atomic mass is 10.1. The molecule has 0 unspecified atom stereocenters. The number of halogens is 4. The SMILES string of the molecule is CCNC(=NCCc1ccccn1)NCCc1ccc(C(F)(F)F)cc1.I. The largest absolute Gasteiger partial charge is 0.416 e. The molecule has 2 aromatic rings. The van der Waals surface area contributed by atoms with Crippen molar-refractivity contribution in [2.75, 3.05) is 19.6 Å². The van der Waals surface area contributed by atoms with Crippen LogP contribution in [-0.2, 0) is 19.0 Å². The summed E-state index contributed by atoms with van der Waals surface area (Å²) >= 11 is 0. The third kappa shape index (κ3) is 8.59. The molecule has 0 spiro atoms. The molecule has 0 saturated heterocycles. The van der Waals surface area contributed by atoms with Gasteiger partial charge in [-0.15, -0.1) is 24.0 Å². The molecule has 0 aliphatic heterocycles. The quantitative estimate of drug-likeness (QED) is 0.349. The molecular formula is C19H24F3IN4. The van der Waals surface area contributed by atoms with Crippen LogP contribution in [0.3, 0.4) is 0 Å². The van der Waals surface area contributed by atoms with Crippen molar-refractivity contribution in [3.63, 3.8) is 0 Å². The highest BCUT2D eigenvalue weighted by atomic mass is 127. The van der Waals surface area contributed by atoms with Gasteiger partial charge in [0.15, 0.2) is 5.96 Å². The summed E-state index contributed by atoms with van der Waals surface area (Å²) in [5.74, 6) is 0.690. The maximum absolute atomic E-state index is 12.6. The molecule has 2 rings (SSSR count). The summed E-state index contributed by atoms with van der Waals surface area (Å²) in [6.07, 6.45) is -1.18. The van der Waals surface area contributed by atoms with E-state index in [0.29, 0.717) is 25.5 Å². The number of pyridine rings is 1. The van der Waals surface area contributed by atoms with Crippen molar-refractivity contribution in [3.8, 4) is 0 Å². The van der Waals surface area contributed by atoms with E-state index in [0.717, 1.165) is 36.4 Å². The van der Waals surface area contributed by atoms with E-state index in [4.69, 9.17) is 0 Å². The number of aromatic nitrogens is 1. The molecule has 1 aromatic carbocycles. The maximum Gasteiger partial charge on any atom is 0.416 e. The van der Waals surface area contributed by atoms with Crippen LogP contribution in [-0.4, -0.2) is 30.6 Å². The normalized spacial score (nSPS) is 11.6. The van der Waals surface area contributed by atoms with Crippen molar-refractivity contribution in [2.24, 2.45) is 4.99 Å². The molecule has 0 saturated carbocycles. The van der Waals surface area contributed by atoms with Crippen LogP contribution in [0.5, 0.6) is 0 Å². The third-order valence-corrected chi connectivity index (χ3v) is 3.70. The standard InChI is InChI=1S/C19H23F3N4.HI/c1-2-23-18(26-14-11-17-5-3-4-12-24-17)25-13-10-15-6-8-16(9-7-15)19(20,21)22;/h3-9,12H,2,10-11,13-14H2,1H3,(H2,23,25,26);1H. The molecular weight excluding hydrogens is 468 g/mol. The molecule has 0 radical (unpaired) electrons. The van der Waals surface area contributed by atoms with Crippen molar-refractivity contribution in [1.29, 1.82) is 0 Å². The first-order chi connectivity index (χ1) is 12.5. The van der Waals surface area contributed by atoms with Gasteiger partial charge in [-0.1, -0.05) is 18.2 Å². The van der Waals surface area contributed by atoms with Gasteiger partial charge in [0.2, 0.25) is 0 Å². The van der Waals surface area contributed by atoms with Crippen LogP contribution in [0.25, 0.3) is 0 Å². The lowest BCUT2D eigenvalue weighted by Crippen LogP contribution is -2.38. The second kappa shape index (κ2) is 11.8. The first kappa shape index (κ1) is 23.2. The molecule has 1 aromatic heterocycles. The van der Waals surface area contributed by atoms with E-state index in [1.54, 1.807) is 6.20 Å². The van der Waals surface area contributed by atoms with Gasteiger partial charge in [-0.25, -0.2) is 0 Å². The van der Waals surface area contributed by atoms with E-state index in [2.05, 4.69) is 20.6 Å². The van der Waals surface area contributed by atoms with Crippen LogP contribution in [0.15, 0.2) is 53.7 Å². The summed E-state index contributed by atoms with van der Waals surface area (Å²) < 4.78 is 37.7. The highest BCUT2D eigenvalue weighted by molar-refractivity contribution is 14.0. The Morgan fingerprint density at radius 2 is 1.78 bits per heavy atom. The average molecular weight is 492 g/mol. The number of benzene rings is 1. The fraction of sp³-hybridized carbons (Fsp3) is 0.368. The summed E-state index contributed by atoms with van der Waals surface area (Å²) in [5.41, 5.74) is 1.20. The number of hydrogen-bond acceptors (Lipinski definition) is 2. The Hall–Kier alpha value is -1.84. The van der Waals surface area contributed by atoms with Crippen LogP contribution in [0.1, 0.15) is 23.7 Å². The molecule has 4 nitrogen and oxygen atoms in total. The highest BCUT2D eigenvalue weighted by Gasteiger charge is 2.29.